The molecule has 0 aliphatic carbocycles. The minimum absolute atomic E-state index is 0.324. The molecule has 0 saturated carbocycles. The van der Waals surface area contributed by atoms with Gasteiger partial charge in [-0.1, -0.05) is 26.2 Å². The Morgan fingerprint density at radius 3 is 2.44 bits per heavy atom. The van der Waals surface area contributed by atoms with Crippen molar-refractivity contribution in [2.45, 2.75) is 58.6 Å². The van der Waals surface area contributed by atoms with Gasteiger partial charge < -0.3 is 10.5 Å². The second-order valence-electron chi connectivity index (χ2n) is 4.79. The Kier molecular flexibility index (Phi) is 9.99. The largest absolute Gasteiger partial charge is 0.377 e. The van der Waals surface area contributed by atoms with Gasteiger partial charge in [-0.05, 0) is 27.3 Å². The van der Waals surface area contributed by atoms with Crippen LogP contribution in [0.15, 0.2) is 0 Å². The quantitative estimate of drug-likeness (QED) is 0.585. The van der Waals surface area contributed by atoms with Gasteiger partial charge in [-0.25, -0.2) is 0 Å². The molecule has 0 saturated heterocycles. The van der Waals surface area contributed by atoms with E-state index < -0.39 is 0 Å². The lowest BCUT2D eigenvalue weighted by atomic mass is 10.1. The Labute approximate surface area is 101 Å². The van der Waals surface area contributed by atoms with Crippen molar-refractivity contribution in [1.29, 1.82) is 0 Å². The fraction of sp³-hybridized carbons (Fsp3) is 1.00. The summed E-state index contributed by atoms with van der Waals surface area (Å²) in [7, 11) is 2.15. The normalized spacial score (nSPS) is 13.7. The molecule has 16 heavy (non-hydrogen) atoms. The number of hydrogen-bond acceptors (Lipinski definition) is 3. The van der Waals surface area contributed by atoms with E-state index in [1.165, 1.54) is 25.7 Å². The summed E-state index contributed by atoms with van der Waals surface area (Å²) in [6.45, 7) is 8.91. The van der Waals surface area contributed by atoms with E-state index in [1.54, 1.807) is 0 Å². The molecular weight excluding hydrogens is 200 g/mol. The monoisotopic (exact) mass is 230 g/mol. The van der Waals surface area contributed by atoms with Crippen LogP contribution < -0.4 is 5.73 Å². The van der Waals surface area contributed by atoms with Crippen molar-refractivity contribution in [3.05, 3.63) is 0 Å². The Morgan fingerprint density at radius 2 is 1.94 bits per heavy atom. The minimum Gasteiger partial charge on any atom is -0.377 e. The van der Waals surface area contributed by atoms with Gasteiger partial charge in [0.2, 0.25) is 0 Å². The standard InChI is InChI=1S/C13H30N2O/c1-5-6-7-8-13(11-14)15(4)9-10-16-12(2)3/h12-13H,5-11,14H2,1-4H3. The minimum atomic E-state index is 0.324. The van der Waals surface area contributed by atoms with Crippen molar-refractivity contribution in [2.75, 3.05) is 26.7 Å². The average molecular weight is 230 g/mol. The molecule has 1 unspecified atom stereocenters. The summed E-state index contributed by atoms with van der Waals surface area (Å²) in [6.07, 6.45) is 5.41. The maximum Gasteiger partial charge on any atom is 0.0596 e. The Bertz CT molecular complexity index is 151. The van der Waals surface area contributed by atoms with E-state index in [4.69, 9.17) is 10.5 Å². The number of likely N-dealkylation sites (N-methyl/N-ethyl adjacent to an activating group) is 1. The summed E-state index contributed by atoms with van der Waals surface area (Å²) in [5, 5.41) is 0. The van der Waals surface area contributed by atoms with Crippen molar-refractivity contribution in [3.63, 3.8) is 0 Å². The topological polar surface area (TPSA) is 38.5 Å². The van der Waals surface area contributed by atoms with E-state index in [0.717, 1.165) is 19.7 Å². The summed E-state index contributed by atoms with van der Waals surface area (Å²) in [5.41, 5.74) is 5.80. The zero-order valence-corrected chi connectivity index (χ0v) is 11.5. The molecular formula is C13H30N2O. The summed E-state index contributed by atoms with van der Waals surface area (Å²) in [6, 6.07) is 0.516. The van der Waals surface area contributed by atoms with E-state index >= 15 is 0 Å². The molecule has 0 aromatic heterocycles. The molecule has 0 amide bonds. The van der Waals surface area contributed by atoms with Crippen molar-refractivity contribution in [3.8, 4) is 0 Å². The van der Waals surface area contributed by atoms with Crippen molar-refractivity contribution in [2.24, 2.45) is 5.73 Å². The van der Waals surface area contributed by atoms with Crippen LogP contribution in [0.5, 0.6) is 0 Å². The van der Waals surface area contributed by atoms with Crippen LogP contribution in [0, 0.1) is 0 Å². The number of nitrogens with zero attached hydrogens (tertiary/aromatic N) is 1. The maximum absolute atomic E-state index is 5.80. The molecule has 0 bridgehead atoms. The molecule has 0 aliphatic rings. The molecule has 0 aromatic rings. The molecule has 0 radical (unpaired) electrons. The average Bonchev–Trinajstić information content (AvgIpc) is 2.23. The third kappa shape index (κ3) is 8.08. The van der Waals surface area contributed by atoms with Gasteiger partial charge in [0, 0.05) is 19.1 Å². The Balaban J connectivity index is 3.68. The zero-order chi connectivity index (χ0) is 12.4. The first kappa shape index (κ1) is 15.9. The maximum atomic E-state index is 5.80. The smallest absolute Gasteiger partial charge is 0.0596 e. The third-order valence-corrected chi connectivity index (χ3v) is 2.93. The van der Waals surface area contributed by atoms with Gasteiger partial charge in [-0.3, -0.25) is 4.90 Å². The van der Waals surface area contributed by atoms with E-state index in [9.17, 15) is 0 Å². The molecule has 3 heteroatoms. The number of ether oxygens (including phenoxy) is 1. The van der Waals surface area contributed by atoms with Gasteiger partial charge in [-0.2, -0.15) is 0 Å². The number of hydrogen-bond donors (Lipinski definition) is 1. The highest BCUT2D eigenvalue weighted by molar-refractivity contribution is 4.69. The second-order valence-corrected chi connectivity index (χ2v) is 4.79. The van der Waals surface area contributed by atoms with Crippen LogP contribution in [0.4, 0.5) is 0 Å². The fourth-order valence-corrected chi connectivity index (χ4v) is 1.76. The van der Waals surface area contributed by atoms with Crippen LogP contribution in [0.2, 0.25) is 0 Å². The molecule has 1 atom stereocenters. The zero-order valence-electron chi connectivity index (χ0n) is 11.5. The molecule has 98 valence electrons. The first-order valence-corrected chi connectivity index (χ1v) is 6.63. The van der Waals surface area contributed by atoms with Gasteiger partial charge in [0.25, 0.3) is 0 Å². The van der Waals surface area contributed by atoms with Crippen molar-refractivity contribution >= 4 is 0 Å². The highest BCUT2D eigenvalue weighted by Crippen LogP contribution is 2.07. The number of unbranched alkanes of at least 4 members (excludes halogenated alkanes) is 2. The van der Waals surface area contributed by atoms with Gasteiger partial charge in [0.05, 0.1) is 12.7 Å². The van der Waals surface area contributed by atoms with Crippen LogP contribution in [0.3, 0.4) is 0 Å². The highest BCUT2D eigenvalue weighted by Gasteiger charge is 2.12. The summed E-state index contributed by atoms with van der Waals surface area (Å²) in [4.78, 5) is 2.33. The summed E-state index contributed by atoms with van der Waals surface area (Å²) >= 11 is 0. The predicted molar refractivity (Wildman–Crippen MR) is 70.7 cm³/mol. The van der Waals surface area contributed by atoms with Crippen LogP contribution in [-0.4, -0.2) is 43.8 Å². The lowest BCUT2D eigenvalue weighted by Gasteiger charge is -2.27. The molecule has 0 heterocycles. The van der Waals surface area contributed by atoms with Crippen LogP contribution in [-0.2, 0) is 4.74 Å². The van der Waals surface area contributed by atoms with Crippen molar-refractivity contribution in [1.82, 2.24) is 4.90 Å². The molecule has 0 fully saturated rings. The fourth-order valence-electron chi connectivity index (χ4n) is 1.76. The van der Waals surface area contributed by atoms with Gasteiger partial charge in [-0.15, -0.1) is 0 Å². The van der Waals surface area contributed by atoms with E-state index in [2.05, 4.69) is 32.7 Å². The van der Waals surface area contributed by atoms with E-state index in [0.29, 0.717) is 12.1 Å². The predicted octanol–water partition coefficient (Wildman–Crippen LogP) is 2.25. The van der Waals surface area contributed by atoms with Crippen molar-refractivity contribution < 1.29 is 4.74 Å². The van der Waals surface area contributed by atoms with Gasteiger partial charge >= 0.3 is 0 Å². The summed E-state index contributed by atoms with van der Waals surface area (Å²) < 4.78 is 5.55. The van der Waals surface area contributed by atoms with Gasteiger partial charge in [0.15, 0.2) is 0 Å². The van der Waals surface area contributed by atoms with E-state index in [-0.39, 0.29) is 0 Å². The highest BCUT2D eigenvalue weighted by atomic mass is 16.5. The lowest BCUT2D eigenvalue weighted by molar-refractivity contribution is 0.0554. The van der Waals surface area contributed by atoms with Crippen LogP contribution >= 0.6 is 0 Å². The first-order chi connectivity index (χ1) is 7.61. The van der Waals surface area contributed by atoms with Gasteiger partial charge in [0.1, 0.15) is 0 Å². The molecule has 0 aromatic carbocycles. The molecule has 2 N–H and O–H groups in total. The number of rotatable bonds is 10. The Morgan fingerprint density at radius 1 is 1.25 bits per heavy atom. The SMILES string of the molecule is CCCCCC(CN)N(C)CCOC(C)C. The number of nitrogens with two attached hydrogens (primary N) is 1. The summed E-state index contributed by atoms with van der Waals surface area (Å²) in [5.74, 6) is 0. The van der Waals surface area contributed by atoms with Crippen LogP contribution in [0.1, 0.15) is 46.5 Å². The third-order valence-electron chi connectivity index (χ3n) is 2.93. The van der Waals surface area contributed by atoms with Crippen LogP contribution in [0.25, 0.3) is 0 Å². The molecule has 0 spiro atoms. The lowest BCUT2D eigenvalue weighted by Crippen LogP contribution is -2.39. The Hall–Kier alpha value is -0.120. The van der Waals surface area contributed by atoms with E-state index in [1.807, 2.05) is 0 Å². The molecule has 0 rings (SSSR count). The molecule has 3 nitrogen and oxygen atoms in total. The molecule has 0 aliphatic heterocycles. The second kappa shape index (κ2) is 10.1. The first-order valence-electron chi connectivity index (χ1n) is 6.63.